The van der Waals surface area contributed by atoms with Crippen molar-refractivity contribution in [3.05, 3.63) is 28.2 Å². The number of hydrogen-bond acceptors (Lipinski definition) is 3. The highest BCUT2D eigenvalue weighted by atomic mass is 79.9. The molecule has 0 heterocycles. The van der Waals surface area contributed by atoms with Crippen LogP contribution in [0.15, 0.2) is 22.7 Å². The lowest BCUT2D eigenvalue weighted by atomic mass is 10.1. The summed E-state index contributed by atoms with van der Waals surface area (Å²) < 4.78 is 6.27. The van der Waals surface area contributed by atoms with Gasteiger partial charge in [-0.05, 0) is 39.0 Å². The van der Waals surface area contributed by atoms with Crippen molar-refractivity contribution in [2.75, 3.05) is 13.7 Å². The van der Waals surface area contributed by atoms with Gasteiger partial charge in [0.15, 0.2) is 12.4 Å². The molecule has 0 spiro atoms. The van der Waals surface area contributed by atoms with Gasteiger partial charge in [0.05, 0.1) is 5.56 Å². The molecule has 0 saturated heterocycles. The summed E-state index contributed by atoms with van der Waals surface area (Å²) in [5.41, 5.74) is 0.475. The van der Waals surface area contributed by atoms with E-state index in [0.717, 1.165) is 4.47 Å². The van der Waals surface area contributed by atoms with Crippen molar-refractivity contribution in [3.8, 4) is 5.75 Å². The van der Waals surface area contributed by atoms with Crippen LogP contribution in [0, 0.1) is 0 Å². The minimum absolute atomic E-state index is 0.0780. The molecule has 19 heavy (non-hydrogen) atoms. The van der Waals surface area contributed by atoms with Crippen LogP contribution in [0.5, 0.6) is 5.75 Å². The van der Waals surface area contributed by atoms with Gasteiger partial charge in [-0.25, -0.2) is 0 Å². The highest BCUT2D eigenvalue weighted by Crippen LogP contribution is 2.24. The molecular formula is C14H18BrNO3. The van der Waals surface area contributed by atoms with E-state index in [9.17, 15) is 9.59 Å². The van der Waals surface area contributed by atoms with E-state index in [1.165, 1.54) is 6.92 Å². The number of ketones is 1. The fourth-order valence-electron chi connectivity index (χ4n) is 1.44. The number of carbonyl (C=O) groups excluding carboxylic acids is 2. The van der Waals surface area contributed by atoms with Crippen LogP contribution in [-0.4, -0.2) is 36.3 Å². The summed E-state index contributed by atoms with van der Waals surface area (Å²) in [5, 5.41) is 0. The number of likely N-dealkylation sites (N-methyl/N-ethyl adjacent to an activating group) is 1. The van der Waals surface area contributed by atoms with E-state index < -0.39 is 0 Å². The van der Waals surface area contributed by atoms with Crippen molar-refractivity contribution in [2.24, 2.45) is 0 Å². The van der Waals surface area contributed by atoms with E-state index in [-0.39, 0.29) is 24.3 Å². The Morgan fingerprint density at radius 2 is 2.00 bits per heavy atom. The van der Waals surface area contributed by atoms with Gasteiger partial charge in [0.2, 0.25) is 0 Å². The number of nitrogens with zero attached hydrogens (tertiary/aromatic N) is 1. The maximum Gasteiger partial charge on any atom is 0.260 e. The van der Waals surface area contributed by atoms with E-state index >= 15 is 0 Å². The molecule has 0 atom stereocenters. The third-order valence-corrected chi connectivity index (χ3v) is 3.34. The Hall–Kier alpha value is -1.36. The van der Waals surface area contributed by atoms with Crippen molar-refractivity contribution in [1.29, 1.82) is 0 Å². The molecule has 0 bridgehead atoms. The second-order valence-electron chi connectivity index (χ2n) is 4.58. The Kier molecular flexibility index (Phi) is 5.54. The van der Waals surface area contributed by atoms with Crippen LogP contribution in [-0.2, 0) is 4.79 Å². The molecule has 104 valence electrons. The lowest BCUT2D eigenvalue weighted by Crippen LogP contribution is -2.36. The van der Waals surface area contributed by atoms with Gasteiger partial charge in [0, 0.05) is 17.6 Å². The highest BCUT2D eigenvalue weighted by Gasteiger charge is 2.15. The summed E-state index contributed by atoms with van der Waals surface area (Å²) in [6, 6.07) is 5.26. The molecule has 5 heteroatoms. The zero-order valence-corrected chi connectivity index (χ0v) is 13.2. The van der Waals surface area contributed by atoms with Crippen LogP contribution in [0.3, 0.4) is 0 Å². The van der Waals surface area contributed by atoms with E-state index in [2.05, 4.69) is 15.9 Å². The second kappa shape index (κ2) is 6.70. The molecule has 0 saturated carbocycles. The third kappa shape index (κ3) is 4.35. The van der Waals surface area contributed by atoms with Gasteiger partial charge in [-0.1, -0.05) is 15.9 Å². The maximum atomic E-state index is 11.8. The zero-order valence-electron chi connectivity index (χ0n) is 11.6. The monoisotopic (exact) mass is 327 g/mol. The summed E-state index contributed by atoms with van der Waals surface area (Å²) >= 11 is 3.32. The first-order valence-corrected chi connectivity index (χ1v) is 6.81. The SMILES string of the molecule is CC(=O)c1ccc(Br)cc1OCC(=O)N(C)C(C)C. The van der Waals surface area contributed by atoms with Crippen LogP contribution >= 0.6 is 15.9 Å². The summed E-state index contributed by atoms with van der Waals surface area (Å²) in [7, 11) is 1.73. The first-order chi connectivity index (χ1) is 8.82. The minimum Gasteiger partial charge on any atom is -0.483 e. The van der Waals surface area contributed by atoms with Crippen LogP contribution in [0.25, 0.3) is 0 Å². The molecule has 1 aromatic rings. The Bertz CT molecular complexity index is 486. The van der Waals surface area contributed by atoms with E-state index in [1.54, 1.807) is 30.1 Å². The number of Topliss-reactive ketones (excluding diaryl/α,β-unsaturated/α-hetero) is 1. The fourth-order valence-corrected chi connectivity index (χ4v) is 1.78. The van der Waals surface area contributed by atoms with Gasteiger partial charge in [-0.2, -0.15) is 0 Å². The number of carbonyl (C=O) groups is 2. The van der Waals surface area contributed by atoms with Crippen LogP contribution in [0.1, 0.15) is 31.1 Å². The van der Waals surface area contributed by atoms with Crippen molar-refractivity contribution in [1.82, 2.24) is 4.90 Å². The summed E-state index contributed by atoms with van der Waals surface area (Å²) in [6.07, 6.45) is 0. The van der Waals surface area contributed by atoms with Crippen LogP contribution in [0.2, 0.25) is 0 Å². The molecule has 0 fully saturated rings. The van der Waals surface area contributed by atoms with Gasteiger partial charge in [0.1, 0.15) is 5.75 Å². The Labute approximate surface area is 121 Å². The first kappa shape index (κ1) is 15.7. The Morgan fingerprint density at radius 1 is 1.37 bits per heavy atom. The van der Waals surface area contributed by atoms with Crippen molar-refractivity contribution in [2.45, 2.75) is 26.8 Å². The van der Waals surface area contributed by atoms with Gasteiger partial charge < -0.3 is 9.64 Å². The molecule has 0 aromatic heterocycles. The average molecular weight is 328 g/mol. The molecule has 1 amide bonds. The second-order valence-corrected chi connectivity index (χ2v) is 5.50. The Morgan fingerprint density at radius 3 is 2.53 bits per heavy atom. The molecule has 1 aromatic carbocycles. The average Bonchev–Trinajstić information content (AvgIpc) is 2.34. The van der Waals surface area contributed by atoms with Crippen LogP contribution in [0.4, 0.5) is 0 Å². The molecule has 0 aliphatic carbocycles. The van der Waals surface area contributed by atoms with Gasteiger partial charge >= 0.3 is 0 Å². The molecule has 4 nitrogen and oxygen atoms in total. The molecule has 0 N–H and O–H groups in total. The first-order valence-electron chi connectivity index (χ1n) is 6.02. The number of amides is 1. The van der Waals surface area contributed by atoms with E-state index in [0.29, 0.717) is 11.3 Å². The lowest BCUT2D eigenvalue weighted by molar-refractivity contribution is -0.133. The molecule has 1 rings (SSSR count). The maximum absolute atomic E-state index is 11.8. The van der Waals surface area contributed by atoms with E-state index in [4.69, 9.17) is 4.74 Å². The number of benzene rings is 1. The topological polar surface area (TPSA) is 46.6 Å². The molecule has 0 aliphatic heterocycles. The number of hydrogen-bond donors (Lipinski definition) is 0. The number of rotatable bonds is 5. The standard InChI is InChI=1S/C14H18BrNO3/c1-9(2)16(4)14(18)8-19-13-7-11(15)5-6-12(13)10(3)17/h5-7,9H,8H2,1-4H3. The number of ether oxygens (including phenoxy) is 1. The van der Waals surface area contributed by atoms with Gasteiger partial charge in [-0.3, -0.25) is 9.59 Å². The summed E-state index contributed by atoms with van der Waals surface area (Å²) in [4.78, 5) is 24.9. The van der Waals surface area contributed by atoms with Gasteiger partial charge in [0.25, 0.3) is 5.91 Å². The highest BCUT2D eigenvalue weighted by molar-refractivity contribution is 9.10. The normalized spacial score (nSPS) is 10.4. The largest absolute Gasteiger partial charge is 0.483 e. The number of halogens is 1. The summed E-state index contributed by atoms with van der Waals surface area (Å²) in [5.74, 6) is 0.212. The smallest absolute Gasteiger partial charge is 0.260 e. The molecule has 0 radical (unpaired) electrons. The van der Waals surface area contributed by atoms with Crippen molar-refractivity contribution >= 4 is 27.6 Å². The van der Waals surface area contributed by atoms with Crippen molar-refractivity contribution in [3.63, 3.8) is 0 Å². The predicted molar refractivity (Wildman–Crippen MR) is 77.5 cm³/mol. The molecule has 0 aliphatic rings. The third-order valence-electron chi connectivity index (χ3n) is 2.84. The fraction of sp³-hybridized carbons (Fsp3) is 0.429. The van der Waals surface area contributed by atoms with Crippen LogP contribution < -0.4 is 4.74 Å². The predicted octanol–water partition coefficient (Wildman–Crippen LogP) is 2.90. The van der Waals surface area contributed by atoms with E-state index in [1.807, 2.05) is 13.8 Å². The summed E-state index contributed by atoms with van der Waals surface area (Å²) in [6.45, 7) is 5.25. The Balaban J connectivity index is 2.80. The quantitative estimate of drug-likeness (QED) is 0.781. The van der Waals surface area contributed by atoms with Gasteiger partial charge in [-0.15, -0.1) is 0 Å². The van der Waals surface area contributed by atoms with Crippen molar-refractivity contribution < 1.29 is 14.3 Å². The molecular weight excluding hydrogens is 310 g/mol. The lowest BCUT2D eigenvalue weighted by Gasteiger charge is -2.21. The minimum atomic E-state index is -0.121. The zero-order chi connectivity index (χ0) is 14.6. The molecule has 0 unspecified atom stereocenters.